The van der Waals surface area contributed by atoms with Crippen molar-refractivity contribution in [3.63, 3.8) is 0 Å². The van der Waals surface area contributed by atoms with Gasteiger partial charge in [-0.05, 0) is 27.2 Å². The van der Waals surface area contributed by atoms with Crippen LogP contribution in [0.1, 0.15) is 11.5 Å². The molecular weight excluding hydrogens is 176 g/mol. The summed E-state index contributed by atoms with van der Waals surface area (Å²) in [4.78, 5) is 10.8. The summed E-state index contributed by atoms with van der Waals surface area (Å²) in [6.45, 7) is 1.79. The van der Waals surface area contributed by atoms with E-state index in [1.54, 1.807) is 0 Å². The summed E-state index contributed by atoms with van der Waals surface area (Å²) in [7, 11) is 6.02. The second kappa shape index (κ2) is 5.67. The molecule has 1 aromatic rings. The minimum absolute atomic E-state index is 0.803. The van der Waals surface area contributed by atoms with Crippen LogP contribution >= 0.6 is 0 Å². The molecule has 0 aromatic carbocycles. The molecule has 0 aliphatic carbocycles. The third-order valence-electron chi connectivity index (χ3n) is 1.90. The van der Waals surface area contributed by atoms with Crippen LogP contribution in [0.25, 0.3) is 0 Å². The topological polar surface area (TPSA) is 41.1 Å². The van der Waals surface area contributed by atoms with Gasteiger partial charge in [0.05, 0.1) is 5.69 Å². The number of likely N-dealkylation sites (N-methyl/N-ethyl adjacent to an activating group) is 1. The van der Waals surface area contributed by atoms with Gasteiger partial charge in [-0.1, -0.05) is 0 Å². The summed E-state index contributed by atoms with van der Waals surface area (Å²) in [5, 5.41) is 3.08. The third-order valence-corrected chi connectivity index (χ3v) is 1.90. The molecule has 4 heteroatoms. The highest BCUT2D eigenvalue weighted by Crippen LogP contribution is 1.96. The Kier molecular flexibility index (Phi) is 4.49. The highest BCUT2D eigenvalue weighted by molar-refractivity contribution is 5.02. The minimum atomic E-state index is 0.803. The molecule has 0 radical (unpaired) electrons. The van der Waals surface area contributed by atoms with Gasteiger partial charge in [-0.15, -0.1) is 0 Å². The predicted octanol–water partition coefficient (Wildman–Crippen LogP) is 0.300. The molecule has 0 spiro atoms. The van der Waals surface area contributed by atoms with Crippen LogP contribution in [-0.2, 0) is 13.0 Å². The van der Waals surface area contributed by atoms with Crippen LogP contribution in [0.2, 0.25) is 0 Å². The first-order chi connectivity index (χ1) is 6.72. The van der Waals surface area contributed by atoms with Crippen molar-refractivity contribution in [1.82, 2.24) is 20.2 Å². The first-order valence-corrected chi connectivity index (χ1v) is 4.82. The Bertz CT molecular complexity index is 273. The van der Waals surface area contributed by atoms with Crippen molar-refractivity contribution in [2.45, 2.75) is 13.0 Å². The quantitative estimate of drug-likeness (QED) is 0.732. The van der Waals surface area contributed by atoms with E-state index >= 15 is 0 Å². The van der Waals surface area contributed by atoms with Crippen molar-refractivity contribution in [3.05, 3.63) is 23.8 Å². The summed E-state index contributed by atoms with van der Waals surface area (Å²) in [6.07, 6.45) is 2.73. The van der Waals surface area contributed by atoms with Gasteiger partial charge in [0.15, 0.2) is 0 Å². The van der Waals surface area contributed by atoms with Crippen LogP contribution in [0, 0.1) is 0 Å². The molecule has 1 heterocycles. The lowest BCUT2D eigenvalue weighted by Gasteiger charge is -2.08. The van der Waals surface area contributed by atoms with Gasteiger partial charge in [0.25, 0.3) is 0 Å². The van der Waals surface area contributed by atoms with Crippen molar-refractivity contribution in [2.24, 2.45) is 0 Å². The van der Waals surface area contributed by atoms with Gasteiger partial charge in [0.1, 0.15) is 5.82 Å². The zero-order chi connectivity index (χ0) is 10.4. The number of hydrogen-bond donors (Lipinski definition) is 1. The first kappa shape index (κ1) is 11.1. The van der Waals surface area contributed by atoms with Crippen LogP contribution in [-0.4, -0.2) is 42.6 Å². The summed E-state index contributed by atoms with van der Waals surface area (Å²) in [5.41, 5.74) is 1.05. The highest BCUT2D eigenvalue weighted by Gasteiger charge is 1.99. The molecular formula is C10H18N4. The van der Waals surface area contributed by atoms with Crippen molar-refractivity contribution in [1.29, 1.82) is 0 Å². The minimum Gasteiger partial charge on any atom is -0.314 e. The van der Waals surface area contributed by atoms with E-state index < -0.39 is 0 Å². The zero-order valence-electron chi connectivity index (χ0n) is 9.12. The number of nitrogens with one attached hydrogen (secondary N) is 1. The summed E-state index contributed by atoms with van der Waals surface area (Å²) >= 11 is 0. The van der Waals surface area contributed by atoms with Gasteiger partial charge < -0.3 is 10.2 Å². The normalized spacial score (nSPS) is 10.9. The van der Waals surface area contributed by atoms with E-state index in [2.05, 4.69) is 34.3 Å². The molecule has 0 unspecified atom stereocenters. The van der Waals surface area contributed by atoms with E-state index in [1.807, 2.05) is 19.3 Å². The maximum Gasteiger partial charge on any atom is 0.129 e. The van der Waals surface area contributed by atoms with Gasteiger partial charge in [-0.2, -0.15) is 0 Å². The van der Waals surface area contributed by atoms with Crippen LogP contribution in [0.3, 0.4) is 0 Å². The van der Waals surface area contributed by atoms with Gasteiger partial charge in [0, 0.05) is 25.7 Å². The number of hydrogen-bond acceptors (Lipinski definition) is 4. The average molecular weight is 194 g/mol. The summed E-state index contributed by atoms with van der Waals surface area (Å²) < 4.78 is 0. The fraction of sp³-hybridized carbons (Fsp3) is 0.600. The third kappa shape index (κ3) is 3.81. The molecule has 0 saturated heterocycles. The Labute approximate surface area is 85.4 Å². The van der Waals surface area contributed by atoms with E-state index in [1.165, 1.54) is 0 Å². The molecule has 0 bridgehead atoms. The Balaban J connectivity index is 2.54. The van der Waals surface area contributed by atoms with E-state index in [9.17, 15) is 0 Å². The van der Waals surface area contributed by atoms with Crippen molar-refractivity contribution < 1.29 is 0 Å². The zero-order valence-corrected chi connectivity index (χ0v) is 9.12. The van der Waals surface area contributed by atoms with Crippen LogP contribution in [0.5, 0.6) is 0 Å². The SMILES string of the molecule is CNCc1ccnc(CCN(C)C)n1. The summed E-state index contributed by atoms with van der Waals surface area (Å²) in [5.74, 6) is 0.923. The Hall–Kier alpha value is -1.00. The van der Waals surface area contributed by atoms with E-state index in [4.69, 9.17) is 0 Å². The van der Waals surface area contributed by atoms with Crippen LogP contribution in [0.4, 0.5) is 0 Å². The molecule has 1 rings (SSSR count). The number of rotatable bonds is 5. The Morgan fingerprint density at radius 3 is 2.86 bits per heavy atom. The smallest absolute Gasteiger partial charge is 0.129 e. The first-order valence-electron chi connectivity index (χ1n) is 4.82. The van der Waals surface area contributed by atoms with Gasteiger partial charge in [-0.25, -0.2) is 9.97 Å². The van der Waals surface area contributed by atoms with Gasteiger partial charge >= 0.3 is 0 Å². The number of aromatic nitrogens is 2. The van der Waals surface area contributed by atoms with Crippen LogP contribution in [0.15, 0.2) is 12.3 Å². The van der Waals surface area contributed by atoms with Crippen molar-refractivity contribution in [2.75, 3.05) is 27.7 Å². The molecule has 14 heavy (non-hydrogen) atoms. The molecule has 0 atom stereocenters. The lowest BCUT2D eigenvalue weighted by molar-refractivity contribution is 0.409. The molecule has 1 aromatic heterocycles. The standard InChI is InChI=1S/C10H18N4/c1-11-8-9-4-6-12-10(13-9)5-7-14(2)3/h4,6,11H,5,7-8H2,1-3H3. The number of nitrogens with zero attached hydrogens (tertiary/aromatic N) is 3. The molecule has 0 saturated carbocycles. The highest BCUT2D eigenvalue weighted by atomic mass is 15.1. The second-order valence-corrected chi connectivity index (χ2v) is 3.55. The summed E-state index contributed by atoms with van der Waals surface area (Å²) in [6, 6.07) is 1.94. The Morgan fingerprint density at radius 2 is 2.21 bits per heavy atom. The predicted molar refractivity (Wildman–Crippen MR) is 57.1 cm³/mol. The molecule has 1 N–H and O–H groups in total. The maximum atomic E-state index is 4.43. The van der Waals surface area contributed by atoms with E-state index in [0.717, 1.165) is 31.0 Å². The lowest BCUT2D eigenvalue weighted by atomic mass is 10.3. The van der Waals surface area contributed by atoms with Crippen molar-refractivity contribution >= 4 is 0 Å². The molecule has 0 aliphatic rings. The Morgan fingerprint density at radius 1 is 1.43 bits per heavy atom. The molecule has 4 nitrogen and oxygen atoms in total. The average Bonchev–Trinajstić information content (AvgIpc) is 2.16. The second-order valence-electron chi connectivity index (χ2n) is 3.55. The van der Waals surface area contributed by atoms with E-state index in [0.29, 0.717) is 0 Å². The lowest BCUT2D eigenvalue weighted by Crippen LogP contribution is -2.17. The largest absolute Gasteiger partial charge is 0.314 e. The van der Waals surface area contributed by atoms with Crippen molar-refractivity contribution in [3.8, 4) is 0 Å². The van der Waals surface area contributed by atoms with Crippen LogP contribution < -0.4 is 5.32 Å². The molecule has 0 amide bonds. The maximum absolute atomic E-state index is 4.43. The fourth-order valence-corrected chi connectivity index (χ4v) is 1.16. The fourth-order valence-electron chi connectivity index (χ4n) is 1.16. The monoisotopic (exact) mass is 194 g/mol. The molecule has 0 fully saturated rings. The van der Waals surface area contributed by atoms with E-state index in [-0.39, 0.29) is 0 Å². The van der Waals surface area contributed by atoms with Gasteiger partial charge in [0.2, 0.25) is 0 Å². The molecule has 78 valence electrons. The molecule has 0 aliphatic heterocycles. The van der Waals surface area contributed by atoms with Gasteiger partial charge in [-0.3, -0.25) is 0 Å².